The van der Waals surface area contributed by atoms with Gasteiger partial charge in [0, 0.05) is 27.7 Å². The van der Waals surface area contributed by atoms with Gasteiger partial charge in [-0.3, -0.25) is 4.79 Å². The molecule has 132 valence electrons. The standard InChI is InChI=1S/C17H25FN4O2/c1-5-10-19-17(20-13-16(23)21(2)3)22(4)11-12-24-15-9-7-6-8-14(15)18/h5-9H,1,10-13H2,2-4H3,(H,19,20). The number of para-hydroxylation sites is 1. The number of carbonyl (C=O) groups excluding carboxylic acids is 1. The van der Waals surface area contributed by atoms with Gasteiger partial charge in [-0.25, -0.2) is 9.38 Å². The monoisotopic (exact) mass is 336 g/mol. The predicted molar refractivity (Wildman–Crippen MR) is 93.7 cm³/mol. The molecule has 6 nitrogen and oxygen atoms in total. The Labute approximate surface area is 142 Å². The number of ether oxygens (including phenoxy) is 1. The number of rotatable bonds is 8. The molecule has 0 aliphatic carbocycles. The van der Waals surface area contributed by atoms with Crippen LogP contribution in [0.5, 0.6) is 5.75 Å². The maximum atomic E-state index is 13.5. The number of amides is 1. The summed E-state index contributed by atoms with van der Waals surface area (Å²) in [4.78, 5) is 19.2. The summed E-state index contributed by atoms with van der Waals surface area (Å²) in [6, 6.07) is 6.26. The van der Waals surface area contributed by atoms with Crippen LogP contribution in [-0.2, 0) is 4.79 Å². The fourth-order valence-electron chi connectivity index (χ4n) is 1.72. The SMILES string of the molecule is C=CCNC(=NCC(=O)N(C)C)N(C)CCOc1ccccc1F. The number of carbonyl (C=O) groups is 1. The highest BCUT2D eigenvalue weighted by Crippen LogP contribution is 2.14. The summed E-state index contributed by atoms with van der Waals surface area (Å²) in [7, 11) is 5.18. The lowest BCUT2D eigenvalue weighted by molar-refractivity contribution is -0.127. The van der Waals surface area contributed by atoms with Gasteiger partial charge in [-0.05, 0) is 12.1 Å². The maximum Gasteiger partial charge on any atom is 0.243 e. The summed E-state index contributed by atoms with van der Waals surface area (Å²) in [6.07, 6.45) is 1.70. The highest BCUT2D eigenvalue weighted by Gasteiger charge is 2.09. The van der Waals surface area contributed by atoms with E-state index in [2.05, 4.69) is 16.9 Å². The molecule has 0 aliphatic heterocycles. The minimum absolute atomic E-state index is 0.0466. The Balaban J connectivity index is 2.58. The van der Waals surface area contributed by atoms with Crippen molar-refractivity contribution < 1.29 is 13.9 Å². The molecule has 0 bridgehead atoms. The van der Waals surface area contributed by atoms with Crippen LogP contribution in [0.15, 0.2) is 41.9 Å². The van der Waals surface area contributed by atoms with Gasteiger partial charge in [0.05, 0.1) is 6.54 Å². The van der Waals surface area contributed by atoms with Crippen LogP contribution in [-0.4, -0.2) is 69.1 Å². The molecule has 0 unspecified atom stereocenters. The Morgan fingerprint density at radius 2 is 2.08 bits per heavy atom. The molecule has 0 atom stereocenters. The molecular weight excluding hydrogens is 311 g/mol. The van der Waals surface area contributed by atoms with E-state index in [0.717, 1.165) is 0 Å². The summed E-state index contributed by atoms with van der Waals surface area (Å²) in [5.41, 5.74) is 0. The van der Waals surface area contributed by atoms with Crippen molar-refractivity contribution in [3.63, 3.8) is 0 Å². The third kappa shape index (κ3) is 6.68. The van der Waals surface area contributed by atoms with Crippen molar-refractivity contribution >= 4 is 11.9 Å². The molecule has 1 aromatic rings. The van der Waals surface area contributed by atoms with Gasteiger partial charge in [0.2, 0.25) is 5.91 Å². The van der Waals surface area contributed by atoms with E-state index in [0.29, 0.717) is 19.0 Å². The van der Waals surface area contributed by atoms with Gasteiger partial charge in [-0.15, -0.1) is 6.58 Å². The molecule has 0 aromatic heterocycles. The summed E-state index contributed by atoms with van der Waals surface area (Å²) in [5.74, 6) is 0.285. The Kier molecular flexibility index (Phi) is 8.32. The molecule has 0 spiro atoms. The molecule has 1 N–H and O–H groups in total. The van der Waals surface area contributed by atoms with Crippen molar-refractivity contribution in [2.75, 3.05) is 47.4 Å². The predicted octanol–water partition coefficient (Wildman–Crippen LogP) is 1.36. The van der Waals surface area contributed by atoms with Crippen LogP contribution in [0.3, 0.4) is 0 Å². The Bertz CT molecular complexity index is 575. The van der Waals surface area contributed by atoms with Crippen LogP contribution in [0, 0.1) is 5.82 Å². The smallest absolute Gasteiger partial charge is 0.243 e. The number of guanidine groups is 1. The second kappa shape index (κ2) is 10.3. The molecule has 7 heteroatoms. The molecule has 0 heterocycles. The zero-order valence-electron chi connectivity index (χ0n) is 14.5. The van der Waals surface area contributed by atoms with Crippen LogP contribution in [0.25, 0.3) is 0 Å². The van der Waals surface area contributed by atoms with Crippen LogP contribution in [0.2, 0.25) is 0 Å². The fourth-order valence-corrected chi connectivity index (χ4v) is 1.72. The summed E-state index contributed by atoms with van der Waals surface area (Å²) in [5, 5.41) is 3.08. The lowest BCUT2D eigenvalue weighted by atomic mass is 10.3. The van der Waals surface area contributed by atoms with Gasteiger partial charge in [0.15, 0.2) is 17.5 Å². The van der Waals surface area contributed by atoms with Crippen LogP contribution in [0.4, 0.5) is 4.39 Å². The van der Waals surface area contributed by atoms with E-state index in [4.69, 9.17) is 4.74 Å². The lowest BCUT2D eigenvalue weighted by Gasteiger charge is -2.22. The van der Waals surface area contributed by atoms with Crippen LogP contribution >= 0.6 is 0 Å². The summed E-state index contributed by atoms with van der Waals surface area (Å²) >= 11 is 0. The number of nitrogens with zero attached hydrogens (tertiary/aromatic N) is 3. The van der Waals surface area contributed by atoms with Crippen molar-refractivity contribution in [2.45, 2.75) is 0 Å². The Morgan fingerprint density at radius 3 is 2.71 bits per heavy atom. The molecule has 0 saturated heterocycles. The second-order valence-electron chi connectivity index (χ2n) is 5.30. The number of nitrogens with one attached hydrogen (secondary N) is 1. The zero-order chi connectivity index (χ0) is 17.9. The average Bonchev–Trinajstić information content (AvgIpc) is 2.56. The number of likely N-dealkylation sites (N-methyl/N-ethyl adjacent to an activating group) is 2. The molecule has 1 amide bonds. The minimum Gasteiger partial charge on any atom is -0.489 e. The summed E-state index contributed by atoms with van der Waals surface area (Å²) in [6.45, 7) is 4.98. The van der Waals surface area contributed by atoms with Gasteiger partial charge in [-0.2, -0.15) is 0 Å². The molecule has 1 rings (SSSR count). The molecule has 0 radical (unpaired) electrons. The zero-order valence-corrected chi connectivity index (χ0v) is 14.5. The third-order valence-corrected chi connectivity index (χ3v) is 3.15. The first-order chi connectivity index (χ1) is 11.5. The normalized spacial score (nSPS) is 10.9. The highest BCUT2D eigenvalue weighted by molar-refractivity contribution is 5.84. The van der Waals surface area contributed by atoms with E-state index in [1.165, 1.54) is 11.0 Å². The van der Waals surface area contributed by atoms with Gasteiger partial charge in [0.25, 0.3) is 0 Å². The summed E-state index contributed by atoms with van der Waals surface area (Å²) < 4.78 is 18.9. The van der Waals surface area contributed by atoms with E-state index in [-0.39, 0.29) is 24.8 Å². The minimum atomic E-state index is -0.393. The van der Waals surface area contributed by atoms with Crippen molar-refractivity contribution in [1.82, 2.24) is 15.1 Å². The van der Waals surface area contributed by atoms with Crippen molar-refractivity contribution in [1.29, 1.82) is 0 Å². The van der Waals surface area contributed by atoms with Gasteiger partial charge < -0.3 is 19.9 Å². The maximum absolute atomic E-state index is 13.5. The van der Waals surface area contributed by atoms with E-state index in [1.54, 1.807) is 38.4 Å². The van der Waals surface area contributed by atoms with E-state index in [9.17, 15) is 9.18 Å². The number of benzene rings is 1. The van der Waals surface area contributed by atoms with E-state index < -0.39 is 5.82 Å². The van der Waals surface area contributed by atoms with E-state index in [1.807, 2.05) is 11.9 Å². The van der Waals surface area contributed by atoms with E-state index >= 15 is 0 Å². The largest absolute Gasteiger partial charge is 0.489 e. The Morgan fingerprint density at radius 1 is 1.38 bits per heavy atom. The number of hydrogen-bond acceptors (Lipinski definition) is 3. The first-order valence-electron chi connectivity index (χ1n) is 7.63. The van der Waals surface area contributed by atoms with Crippen molar-refractivity contribution in [3.8, 4) is 5.75 Å². The average molecular weight is 336 g/mol. The topological polar surface area (TPSA) is 57.2 Å². The van der Waals surface area contributed by atoms with Crippen molar-refractivity contribution in [2.24, 2.45) is 4.99 Å². The Hall–Kier alpha value is -2.57. The second-order valence-corrected chi connectivity index (χ2v) is 5.30. The first-order valence-corrected chi connectivity index (χ1v) is 7.63. The van der Waals surface area contributed by atoms with Gasteiger partial charge in [-0.1, -0.05) is 18.2 Å². The van der Waals surface area contributed by atoms with Gasteiger partial charge in [0.1, 0.15) is 13.2 Å². The van der Waals surface area contributed by atoms with Gasteiger partial charge >= 0.3 is 0 Å². The number of hydrogen-bond donors (Lipinski definition) is 1. The molecular formula is C17H25FN4O2. The lowest BCUT2D eigenvalue weighted by Crippen LogP contribution is -2.41. The third-order valence-electron chi connectivity index (χ3n) is 3.15. The first kappa shape index (κ1) is 19.5. The molecule has 0 saturated carbocycles. The quantitative estimate of drug-likeness (QED) is 0.442. The van der Waals surface area contributed by atoms with Crippen LogP contribution < -0.4 is 10.1 Å². The molecule has 24 heavy (non-hydrogen) atoms. The molecule has 0 fully saturated rings. The molecule has 0 aliphatic rings. The molecule has 1 aromatic carbocycles. The number of aliphatic imine (C=N–C) groups is 1. The fraction of sp³-hybridized carbons (Fsp3) is 0.412. The van der Waals surface area contributed by atoms with Crippen molar-refractivity contribution in [3.05, 3.63) is 42.7 Å². The highest BCUT2D eigenvalue weighted by atomic mass is 19.1. The van der Waals surface area contributed by atoms with Crippen LogP contribution in [0.1, 0.15) is 0 Å². The number of halogens is 1.